The molecule has 1 aromatic carbocycles. The van der Waals surface area contributed by atoms with Crippen LogP contribution in [0, 0.1) is 13.8 Å². The average Bonchev–Trinajstić information content (AvgIpc) is 2.79. The summed E-state index contributed by atoms with van der Waals surface area (Å²) < 4.78 is 0. The molecular formula is C15H16N2O3S. The van der Waals surface area contributed by atoms with E-state index in [-0.39, 0.29) is 17.4 Å². The number of hydrogen-bond donors (Lipinski definition) is 3. The number of carboxylic acid groups (broad SMARTS) is 1. The quantitative estimate of drug-likeness (QED) is 0.741. The lowest BCUT2D eigenvalue weighted by molar-refractivity contribution is -0.113. The number of aromatic nitrogens is 1. The van der Waals surface area contributed by atoms with Crippen molar-refractivity contribution in [3.63, 3.8) is 0 Å². The molecule has 1 amide bonds. The molecule has 21 heavy (non-hydrogen) atoms. The molecule has 0 unspecified atom stereocenters. The van der Waals surface area contributed by atoms with Crippen molar-refractivity contribution < 1.29 is 14.7 Å². The van der Waals surface area contributed by atoms with Crippen LogP contribution < -0.4 is 5.32 Å². The molecule has 0 atom stereocenters. The van der Waals surface area contributed by atoms with E-state index in [0.717, 1.165) is 10.5 Å². The second-order valence-corrected chi connectivity index (χ2v) is 5.67. The number of aryl methyl sites for hydroxylation is 2. The third-order valence-electron chi connectivity index (χ3n) is 2.89. The molecule has 0 radical (unpaired) electrons. The Kier molecular flexibility index (Phi) is 4.70. The molecule has 0 bridgehead atoms. The first kappa shape index (κ1) is 15.2. The Hall–Kier alpha value is -2.21. The SMILES string of the molecule is Cc1cc(NC(=O)CSc2ccccc2C)c(C(=O)O)[nH]1. The molecule has 1 heterocycles. The molecule has 0 spiro atoms. The summed E-state index contributed by atoms with van der Waals surface area (Å²) in [6.45, 7) is 3.72. The van der Waals surface area contributed by atoms with Crippen LogP contribution in [0.2, 0.25) is 0 Å². The number of hydrogen-bond acceptors (Lipinski definition) is 3. The second-order valence-electron chi connectivity index (χ2n) is 4.65. The zero-order valence-electron chi connectivity index (χ0n) is 11.8. The number of benzene rings is 1. The summed E-state index contributed by atoms with van der Waals surface area (Å²) in [4.78, 5) is 26.7. The van der Waals surface area contributed by atoms with Gasteiger partial charge in [0.05, 0.1) is 11.4 Å². The van der Waals surface area contributed by atoms with Crippen LogP contribution in [0.5, 0.6) is 0 Å². The normalized spacial score (nSPS) is 10.4. The van der Waals surface area contributed by atoms with Gasteiger partial charge in [0.15, 0.2) is 0 Å². The van der Waals surface area contributed by atoms with Gasteiger partial charge in [-0.1, -0.05) is 18.2 Å². The van der Waals surface area contributed by atoms with E-state index in [0.29, 0.717) is 11.4 Å². The van der Waals surface area contributed by atoms with Crippen LogP contribution in [-0.2, 0) is 4.79 Å². The van der Waals surface area contributed by atoms with Crippen molar-refractivity contribution in [1.82, 2.24) is 4.98 Å². The van der Waals surface area contributed by atoms with Crippen molar-refractivity contribution in [2.75, 3.05) is 11.1 Å². The maximum absolute atomic E-state index is 11.9. The van der Waals surface area contributed by atoms with Gasteiger partial charge in [-0.15, -0.1) is 11.8 Å². The predicted octanol–water partition coefficient (Wildman–Crippen LogP) is 3.06. The number of nitrogens with one attached hydrogen (secondary N) is 2. The highest BCUT2D eigenvalue weighted by Gasteiger charge is 2.15. The fourth-order valence-corrected chi connectivity index (χ4v) is 2.73. The standard InChI is InChI=1S/C15H16N2O3S/c1-9-5-3-4-6-12(9)21-8-13(18)17-11-7-10(2)16-14(11)15(19)20/h3-7,16H,8H2,1-2H3,(H,17,18)(H,19,20). The average molecular weight is 304 g/mol. The van der Waals surface area contributed by atoms with Crippen molar-refractivity contribution in [2.45, 2.75) is 18.7 Å². The number of carbonyl (C=O) groups is 2. The Labute approximate surface area is 126 Å². The van der Waals surface area contributed by atoms with Gasteiger partial charge < -0.3 is 15.4 Å². The topological polar surface area (TPSA) is 82.2 Å². The predicted molar refractivity (Wildman–Crippen MR) is 83.0 cm³/mol. The second kappa shape index (κ2) is 6.49. The number of amides is 1. The number of thioether (sulfide) groups is 1. The smallest absolute Gasteiger partial charge is 0.354 e. The molecule has 6 heteroatoms. The maximum atomic E-state index is 11.9. The lowest BCUT2D eigenvalue weighted by Gasteiger charge is -2.06. The molecule has 0 aliphatic carbocycles. The molecular weight excluding hydrogens is 288 g/mol. The Bertz CT molecular complexity index is 679. The number of H-pyrrole nitrogens is 1. The molecule has 2 rings (SSSR count). The van der Waals surface area contributed by atoms with Gasteiger partial charge in [0.25, 0.3) is 0 Å². The van der Waals surface area contributed by atoms with Crippen LogP contribution in [-0.4, -0.2) is 27.7 Å². The monoisotopic (exact) mass is 304 g/mol. The Morgan fingerprint density at radius 1 is 1.29 bits per heavy atom. The minimum absolute atomic E-state index is 0.00161. The van der Waals surface area contributed by atoms with Crippen molar-refractivity contribution in [3.05, 3.63) is 47.3 Å². The summed E-state index contributed by atoms with van der Waals surface area (Å²) >= 11 is 1.43. The Morgan fingerprint density at radius 3 is 2.67 bits per heavy atom. The largest absolute Gasteiger partial charge is 0.477 e. The van der Waals surface area contributed by atoms with Gasteiger partial charge in [-0.05, 0) is 31.5 Å². The molecule has 0 aliphatic heterocycles. The molecule has 0 fully saturated rings. The van der Waals surface area contributed by atoms with Gasteiger partial charge in [-0.3, -0.25) is 4.79 Å². The first-order valence-electron chi connectivity index (χ1n) is 6.38. The van der Waals surface area contributed by atoms with Crippen molar-refractivity contribution in [2.24, 2.45) is 0 Å². The summed E-state index contributed by atoms with van der Waals surface area (Å²) in [5, 5.41) is 11.7. The van der Waals surface area contributed by atoms with Crippen LogP contribution >= 0.6 is 11.8 Å². The van der Waals surface area contributed by atoms with Crippen LogP contribution in [0.25, 0.3) is 0 Å². The van der Waals surface area contributed by atoms with Gasteiger partial charge in [0.2, 0.25) is 5.91 Å². The fourth-order valence-electron chi connectivity index (χ4n) is 1.90. The van der Waals surface area contributed by atoms with Gasteiger partial charge >= 0.3 is 5.97 Å². The molecule has 0 aliphatic rings. The van der Waals surface area contributed by atoms with Crippen LogP contribution in [0.15, 0.2) is 35.2 Å². The summed E-state index contributed by atoms with van der Waals surface area (Å²) in [6.07, 6.45) is 0. The van der Waals surface area contributed by atoms with Gasteiger partial charge in [0.1, 0.15) is 5.69 Å². The molecule has 5 nitrogen and oxygen atoms in total. The minimum Gasteiger partial charge on any atom is -0.477 e. The molecule has 0 saturated carbocycles. The highest BCUT2D eigenvalue weighted by Crippen LogP contribution is 2.22. The van der Waals surface area contributed by atoms with Gasteiger partial charge in [0, 0.05) is 10.6 Å². The first-order valence-corrected chi connectivity index (χ1v) is 7.37. The van der Waals surface area contributed by atoms with E-state index in [2.05, 4.69) is 10.3 Å². The first-order chi connectivity index (χ1) is 9.97. The van der Waals surface area contributed by atoms with E-state index in [1.54, 1.807) is 13.0 Å². The highest BCUT2D eigenvalue weighted by molar-refractivity contribution is 8.00. The summed E-state index contributed by atoms with van der Waals surface area (Å²) in [6, 6.07) is 9.42. The third kappa shape index (κ3) is 3.88. The molecule has 2 aromatic rings. The van der Waals surface area contributed by atoms with Crippen LogP contribution in [0.3, 0.4) is 0 Å². The van der Waals surface area contributed by atoms with Crippen LogP contribution in [0.4, 0.5) is 5.69 Å². The van der Waals surface area contributed by atoms with Gasteiger partial charge in [-0.25, -0.2) is 4.79 Å². The zero-order chi connectivity index (χ0) is 15.4. The fraction of sp³-hybridized carbons (Fsp3) is 0.200. The number of carbonyl (C=O) groups excluding carboxylic acids is 1. The molecule has 0 saturated heterocycles. The molecule has 110 valence electrons. The number of rotatable bonds is 5. The number of anilines is 1. The minimum atomic E-state index is -1.09. The van der Waals surface area contributed by atoms with E-state index in [9.17, 15) is 9.59 Å². The number of aromatic carboxylic acids is 1. The van der Waals surface area contributed by atoms with Crippen LogP contribution in [0.1, 0.15) is 21.7 Å². The summed E-state index contributed by atoms with van der Waals surface area (Å²) in [5.41, 5.74) is 2.10. The number of carboxylic acids is 1. The van der Waals surface area contributed by atoms with E-state index in [1.807, 2.05) is 31.2 Å². The Balaban J connectivity index is 1.99. The Morgan fingerprint density at radius 2 is 2.00 bits per heavy atom. The van der Waals surface area contributed by atoms with E-state index >= 15 is 0 Å². The van der Waals surface area contributed by atoms with Crippen molar-refractivity contribution in [3.8, 4) is 0 Å². The van der Waals surface area contributed by atoms with Crippen molar-refractivity contribution >= 4 is 29.3 Å². The van der Waals surface area contributed by atoms with Crippen molar-refractivity contribution in [1.29, 1.82) is 0 Å². The van der Waals surface area contributed by atoms with E-state index in [4.69, 9.17) is 5.11 Å². The maximum Gasteiger partial charge on any atom is 0.354 e. The molecule has 1 aromatic heterocycles. The van der Waals surface area contributed by atoms with E-state index in [1.165, 1.54) is 11.8 Å². The third-order valence-corrected chi connectivity index (χ3v) is 4.07. The highest BCUT2D eigenvalue weighted by atomic mass is 32.2. The summed E-state index contributed by atoms with van der Waals surface area (Å²) in [7, 11) is 0. The van der Waals surface area contributed by atoms with E-state index < -0.39 is 5.97 Å². The number of aromatic amines is 1. The summed E-state index contributed by atoms with van der Waals surface area (Å²) in [5.74, 6) is -1.09. The zero-order valence-corrected chi connectivity index (χ0v) is 12.6. The molecule has 3 N–H and O–H groups in total. The lowest BCUT2D eigenvalue weighted by Crippen LogP contribution is -2.16. The lowest BCUT2D eigenvalue weighted by atomic mass is 10.2. The van der Waals surface area contributed by atoms with Gasteiger partial charge in [-0.2, -0.15) is 0 Å².